The van der Waals surface area contributed by atoms with Crippen molar-refractivity contribution in [1.82, 2.24) is 24.6 Å². The number of aromatic nitrogens is 3. The number of fused-ring (bicyclic) bond motifs is 1. The number of hydrogen-bond donors (Lipinski definition) is 0. The van der Waals surface area contributed by atoms with Crippen LogP contribution in [0.4, 0.5) is 4.79 Å². The molecule has 9 heteroatoms. The highest BCUT2D eigenvalue weighted by Crippen LogP contribution is 2.41. The lowest BCUT2D eigenvalue weighted by Crippen LogP contribution is -2.52. The van der Waals surface area contributed by atoms with Crippen LogP contribution in [0.1, 0.15) is 61.4 Å². The van der Waals surface area contributed by atoms with Crippen molar-refractivity contribution in [3.05, 3.63) is 41.2 Å². The molecule has 0 spiro atoms. The van der Waals surface area contributed by atoms with E-state index >= 15 is 0 Å². The van der Waals surface area contributed by atoms with Gasteiger partial charge in [-0.1, -0.05) is 56.8 Å². The van der Waals surface area contributed by atoms with E-state index < -0.39 is 0 Å². The number of hydrogen-bond acceptors (Lipinski definition) is 7. The Bertz CT molecular complexity index is 967. The fraction of sp³-hybridized carbons (Fsp3) is 0.565. The van der Waals surface area contributed by atoms with Crippen molar-refractivity contribution in [2.45, 2.75) is 56.5 Å². The monoisotopic (exact) mass is 457 g/mol. The van der Waals surface area contributed by atoms with Crippen LogP contribution < -0.4 is 0 Å². The van der Waals surface area contributed by atoms with Crippen molar-refractivity contribution < 1.29 is 14.3 Å². The third-order valence-electron chi connectivity index (χ3n) is 6.09. The topological polar surface area (TPSA) is 80.6 Å². The Balaban J connectivity index is 1.59. The molecule has 32 heavy (non-hydrogen) atoms. The number of aryl methyl sites for hydroxylation is 1. The molecule has 2 aliphatic heterocycles. The second-order valence-corrected chi connectivity index (χ2v) is 9.55. The highest BCUT2D eigenvalue weighted by molar-refractivity contribution is 8.00. The number of ether oxygens (including phenoxy) is 1. The lowest BCUT2D eigenvalue weighted by Gasteiger charge is -2.40. The second-order valence-electron chi connectivity index (χ2n) is 8.44. The zero-order chi connectivity index (χ0) is 22.8. The van der Waals surface area contributed by atoms with Gasteiger partial charge < -0.3 is 9.64 Å². The van der Waals surface area contributed by atoms with E-state index in [1.165, 1.54) is 22.0 Å². The van der Waals surface area contributed by atoms with Gasteiger partial charge in [-0.15, -0.1) is 5.10 Å². The van der Waals surface area contributed by atoms with E-state index in [-0.39, 0.29) is 23.3 Å². The number of carbonyl (C=O) groups excluding carboxylic acids is 2. The summed E-state index contributed by atoms with van der Waals surface area (Å²) in [5, 5.41) is 4.75. The van der Waals surface area contributed by atoms with Crippen LogP contribution in [0.2, 0.25) is 0 Å². The standard InChI is InChI=1S/C23H31N5O3S/c1-5-18-24-22-28(25-18)21(29)20(32-22)19(17-9-7-16(8-10-17)15(3)4)26-11-13-27(14-12-26)23(30)31-6-2/h7-10,15,19-20H,5-6,11-14H2,1-4H3. The minimum atomic E-state index is -0.324. The molecule has 3 heterocycles. The molecule has 0 saturated carbocycles. The first kappa shape index (κ1) is 22.8. The Morgan fingerprint density at radius 1 is 1.12 bits per heavy atom. The van der Waals surface area contributed by atoms with Crippen LogP contribution in [0, 0.1) is 0 Å². The first-order valence-electron chi connectivity index (χ1n) is 11.3. The molecule has 4 rings (SSSR count). The summed E-state index contributed by atoms with van der Waals surface area (Å²) < 4.78 is 6.63. The van der Waals surface area contributed by atoms with Crippen molar-refractivity contribution in [2.24, 2.45) is 0 Å². The maximum absolute atomic E-state index is 13.3. The van der Waals surface area contributed by atoms with E-state index in [9.17, 15) is 9.59 Å². The molecule has 0 N–H and O–H groups in total. The molecule has 1 saturated heterocycles. The van der Waals surface area contributed by atoms with Crippen LogP contribution in [0.25, 0.3) is 0 Å². The zero-order valence-corrected chi connectivity index (χ0v) is 20.0. The summed E-state index contributed by atoms with van der Waals surface area (Å²) in [5.41, 5.74) is 2.37. The Labute approximate surface area is 193 Å². The SMILES string of the molecule is CCOC(=O)N1CCN(C(c2ccc(C(C)C)cc2)C2Sc3nc(CC)nn3C2=O)CC1. The molecule has 0 radical (unpaired) electrons. The molecule has 1 aromatic carbocycles. The molecule has 0 aliphatic carbocycles. The number of piperazine rings is 1. The van der Waals surface area contributed by atoms with Crippen LogP contribution >= 0.6 is 11.8 Å². The minimum Gasteiger partial charge on any atom is -0.450 e. The van der Waals surface area contributed by atoms with Crippen molar-refractivity contribution >= 4 is 23.8 Å². The summed E-state index contributed by atoms with van der Waals surface area (Å²) in [6, 6.07) is 8.46. The normalized spacial score (nSPS) is 20.0. The molecule has 1 aromatic heterocycles. The molecule has 1 fully saturated rings. The molecule has 0 bridgehead atoms. The zero-order valence-electron chi connectivity index (χ0n) is 19.2. The number of rotatable bonds is 6. The number of carbonyl (C=O) groups is 2. The van der Waals surface area contributed by atoms with Gasteiger partial charge >= 0.3 is 6.09 Å². The lowest BCUT2D eigenvalue weighted by atomic mass is 9.96. The first-order valence-corrected chi connectivity index (χ1v) is 12.2. The van der Waals surface area contributed by atoms with E-state index in [4.69, 9.17) is 4.74 Å². The van der Waals surface area contributed by atoms with Crippen molar-refractivity contribution in [1.29, 1.82) is 0 Å². The predicted octanol–water partition coefficient (Wildman–Crippen LogP) is 3.59. The van der Waals surface area contributed by atoms with Gasteiger partial charge in [0.2, 0.25) is 0 Å². The first-order chi connectivity index (χ1) is 15.4. The largest absolute Gasteiger partial charge is 0.450 e. The molecule has 8 nitrogen and oxygen atoms in total. The average Bonchev–Trinajstić information content (AvgIpc) is 3.34. The molecule has 2 aromatic rings. The Kier molecular flexibility index (Phi) is 6.85. The average molecular weight is 458 g/mol. The van der Waals surface area contributed by atoms with E-state index in [1.807, 2.05) is 13.8 Å². The van der Waals surface area contributed by atoms with Gasteiger partial charge in [0, 0.05) is 32.6 Å². The number of benzene rings is 1. The van der Waals surface area contributed by atoms with Gasteiger partial charge in [-0.2, -0.15) is 4.68 Å². The van der Waals surface area contributed by atoms with Crippen LogP contribution in [0.5, 0.6) is 0 Å². The minimum absolute atomic E-state index is 0.0250. The van der Waals surface area contributed by atoms with Crippen LogP contribution in [0.15, 0.2) is 29.4 Å². The molecule has 2 atom stereocenters. The summed E-state index contributed by atoms with van der Waals surface area (Å²) in [7, 11) is 0. The van der Waals surface area contributed by atoms with Crippen molar-refractivity contribution in [2.75, 3.05) is 32.8 Å². The Hall–Kier alpha value is -2.39. The predicted molar refractivity (Wildman–Crippen MR) is 123 cm³/mol. The Morgan fingerprint density at radius 2 is 1.78 bits per heavy atom. The smallest absolute Gasteiger partial charge is 0.409 e. The van der Waals surface area contributed by atoms with Gasteiger partial charge in [0.1, 0.15) is 5.25 Å². The maximum Gasteiger partial charge on any atom is 0.409 e. The molecular weight excluding hydrogens is 426 g/mol. The van der Waals surface area contributed by atoms with Gasteiger partial charge in [-0.25, -0.2) is 9.78 Å². The van der Waals surface area contributed by atoms with E-state index in [2.05, 4.69) is 53.1 Å². The molecule has 2 aliphatic rings. The van der Waals surface area contributed by atoms with Crippen LogP contribution in [0.3, 0.4) is 0 Å². The van der Waals surface area contributed by atoms with Crippen molar-refractivity contribution in [3.63, 3.8) is 0 Å². The van der Waals surface area contributed by atoms with E-state index in [0.29, 0.717) is 56.1 Å². The summed E-state index contributed by atoms with van der Waals surface area (Å²) in [6.07, 6.45) is 0.432. The Morgan fingerprint density at radius 3 is 2.34 bits per heavy atom. The van der Waals surface area contributed by atoms with Gasteiger partial charge in [0.25, 0.3) is 5.91 Å². The molecule has 1 amide bonds. The number of amides is 1. The van der Waals surface area contributed by atoms with Crippen LogP contribution in [-0.4, -0.2) is 74.6 Å². The van der Waals surface area contributed by atoms with E-state index in [0.717, 1.165) is 5.56 Å². The fourth-order valence-corrected chi connectivity index (χ4v) is 5.52. The van der Waals surface area contributed by atoms with Crippen molar-refractivity contribution in [3.8, 4) is 0 Å². The third-order valence-corrected chi connectivity index (χ3v) is 7.28. The van der Waals surface area contributed by atoms with Gasteiger partial charge in [-0.05, 0) is 24.0 Å². The lowest BCUT2D eigenvalue weighted by molar-refractivity contribution is 0.0600. The highest BCUT2D eigenvalue weighted by Gasteiger charge is 2.43. The maximum atomic E-state index is 13.3. The molecule has 2 unspecified atom stereocenters. The summed E-state index contributed by atoms with van der Waals surface area (Å²) in [4.78, 5) is 34.1. The molecule has 172 valence electrons. The van der Waals surface area contributed by atoms with Crippen LogP contribution in [-0.2, 0) is 11.2 Å². The van der Waals surface area contributed by atoms with Gasteiger partial charge in [-0.3, -0.25) is 9.69 Å². The van der Waals surface area contributed by atoms with Gasteiger partial charge in [0.15, 0.2) is 11.0 Å². The summed E-state index contributed by atoms with van der Waals surface area (Å²) in [6.45, 7) is 11.0. The van der Waals surface area contributed by atoms with Gasteiger partial charge in [0.05, 0.1) is 12.6 Å². The summed E-state index contributed by atoms with van der Waals surface area (Å²) >= 11 is 1.50. The van der Waals surface area contributed by atoms with E-state index in [1.54, 1.807) is 4.90 Å². The summed E-state index contributed by atoms with van der Waals surface area (Å²) in [5.74, 6) is 1.11. The number of nitrogens with zero attached hydrogens (tertiary/aromatic N) is 5. The highest BCUT2D eigenvalue weighted by atomic mass is 32.2. The fourth-order valence-electron chi connectivity index (χ4n) is 4.24. The third kappa shape index (κ3) is 4.41. The quantitative estimate of drug-likeness (QED) is 0.656. The second kappa shape index (κ2) is 9.62. The molecular formula is C23H31N5O3S. The number of thioether (sulfide) groups is 1.